The fourth-order valence-electron chi connectivity index (χ4n) is 1.34. The first-order chi connectivity index (χ1) is 7.97. The van der Waals surface area contributed by atoms with Gasteiger partial charge >= 0.3 is 0 Å². The fraction of sp³-hybridized carbons (Fsp3) is 0.417. The number of amides is 1. The summed E-state index contributed by atoms with van der Waals surface area (Å²) in [6, 6.07) is 2.61. The summed E-state index contributed by atoms with van der Waals surface area (Å²) < 4.78 is 26.5. The first-order valence-corrected chi connectivity index (χ1v) is 5.47. The van der Waals surface area contributed by atoms with Crippen molar-refractivity contribution in [3.63, 3.8) is 0 Å². The highest BCUT2D eigenvalue weighted by Crippen LogP contribution is 2.18. The molecule has 3 nitrogen and oxygen atoms in total. The van der Waals surface area contributed by atoms with Gasteiger partial charge in [-0.1, -0.05) is 26.3 Å². The smallest absolute Gasteiger partial charge is 0.241 e. The topological polar surface area (TPSA) is 55.1 Å². The molecule has 0 spiro atoms. The third kappa shape index (κ3) is 3.23. The first-order valence-electron chi connectivity index (χ1n) is 5.47. The van der Waals surface area contributed by atoms with Crippen LogP contribution in [0.1, 0.15) is 20.3 Å². The summed E-state index contributed by atoms with van der Waals surface area (Å²) in [6.45, 7) is 3.70. The van der Waals surface area contributed by atoms with Gasteiger partial charge in [-0.25, -0.2) is 8.78 Å². The summed E-state index contributed by atoms with van der Waals surface area (Å²) in [5, 5.41) is 2.18. The van der Waals surface area contributed by atoms with Crippen molar-refractivity contribution >= 4 is 11.6 Å². The zero-order valence-corrected chi connectivity index (χ0v) is 9.84. The molecular weight excluding hydrogens is 226 g/mol. The number of rotatable bonds is 4. The van der Waals surface area contributed by atoms with Crippen LogP contribution in [0.2, 0.25) is 0 Å². The van der Waals surface area contributed by atoms with Crippen LogP contribution >= 0.6 is 0 Å². The molecule has 0 radical (unpaired) electrons. The molecule has 0 saturated heterocycles. The van der Waals surface area contributed by atoms with E-state index in [0.717, 1.165) is 12.1 Å². The number of hydrogen-bond acceptors (Lipinski definition) is 2. The number of carbonyl (C=O) groups excluding carboxylic acids is 1. The van der Waals surface area contributed by atoms with Crippen molar-refractivity contribution in [2.45, 2.75) is 26.3 Å². The number of carbonyl (C=O) groups is 1. The highest BCUT2D eigenvalue weighted by atomic mass is 19.1. The molecule has 2 atom stereocenters. The summed E-state index contributed by atoms with van der Waals surface area (Å²) in [5.41, 5.74) is 5.21. The van der Waals surface area contributed by atoms with Crippen molar-refractivity contribution in [1.82, 2.24) is 0 Å². The van der Waals surface area contributed by atoms with Crippen LogP contribution in [0, 0.1) is 17.6 Å². The van der Waals surface area contributed by atoms with Gasteiger partial charge in [-0.05, 0) is 18.1 Å². The van der Waals surface area contributed by atoms with Crippen molar-refractivity contribution < 1.29 is 13.6 Å². The van der Waals surface area contributed by atoms with E-state index in [1.54, 1.807) is 0 Å². The molecule has 3 N–H and O–H groups in total. The van der Waals surface area contributed by atoms with E-state index in [0.29, 0.717) is 6.42 Å². The number of para-hydroxylation sites is 1. The number of nitrogens with one attached hydrogen (secondary N) is 1. The highest BCUT2D eigenvalue weighted by Gasteiger charge is 2.21. The van der Waals surface area contributed by atoms with Gasteiger partial charge in [0.1, 0.15) is 17.3 Å². The summed E-state index contributed by atoms with van der Waals surface area (Å²) in [7, 11) is 0. The first kappa shape index (κ1) is 13.6. The minimum Gasteiger partial charge on any atom is -0.320 e. The number of hydrogen-bond donors (Lipinski definition) is 2. The second-order valence-corrected chi connectivity index (χ2v) is 4.00. The van der Waals surface area contributed by atoms with Crippen molar-refractivity contribution in [2.24, 2.45) is 11.7 Å². The van der Waals surface area contributed by atoms with Gasteiger partial charge in [-0.2, -0.15) is 0 Å². The van der Waals surface area contributed by atoms with Gasteiger partial charge in [0.2, 0.25) is 5.91 Å². The Morgan fingerprint density at radius 1 is 1.41 bits per heavy atom. The van der Waals surface area contributed by atoms with Crippen molar-refractivity contribution in [3.05, 3.63) is 29.8 Å². The molecule has 17 heavy (non-hydrogen) atoms. The molecule has 0 saturated carbocycles. The lowest BCUT2D eigenvalue weighted by molar-refractivity contribution is -0.118. The second kappa shape index (κ2) is 5.72. The molecule has 94 valence electrons. The number of benzene rings is 1. The van der Waals surface area contributed by atoms with E-state index < -0.39 is 29.3 Å². The normalized spacial score (nSPS) is 14.2. The molecule has 1 aromatic rings. The van der Waals surface area contributed by atoms with Crippen LogP contribution in [0.4, 0.5) is 14.5 Å². The number of nitrogens with two attached hydrogens (primary N) is 1. The highest BCUT2D eigenvalue weighted by molar-refractivity contribution is 5.95. The average molecular weight is 242 g/mol. The Morgan fingerprint density at radius 2 is 1.94 bits per heavy atom. The Morgan fingerprint density at radius 3 is 2.41 bits per heavy atom. The molecule has 0 aliphatic rings. The Balaban J connectivity index is 2.81. The van der Waals surface area contributed by atoms with Gasteiger partial charge in [0, 0.05) is 0 Å². The molecule has 0 bridgehead atoms. The van der Waals surface area contributed by atoms with Crippen LogP contribution in [0.3, 0.4) is 0 Å². The van der Waals surface area contributed by atoms with E-state index in [1.165, 1.54) is 6.07 Å². The quantitative estimate of drug-likeness (QED) is 0.851. The van der Waals surface area contributed by atoms with Crippen LogP contribution in [-0.2, 0) is 4.79 Å². The largest absolute Gasteiger partial charge is 0.320 e. The lowest BCUT2D eigenvalue weighted by Gasteiger charge is -2.18. The Kier molecular flexibility index (Phi) is 4.57. The maximum absolute atomic E-state index is 13.3. The van der Waals surface area contributed by atoms with Crippen LogP contribution in [0.5, 0.6) is 0 Å². The molecule has 1 aromatic carbocycles. The number of halogens is 2. The van der Waals surface area contributed by atoms with E-state index >= 15 is 0 Å². The molecule has 0 aromatic heterocycles. The summed E-state index contributed by atoms with van der Waals surface area (Å²) in [5.74, 6) is -2.25. The summed E-state index contributed by atoms with van der Waals surface area (Å²) in [6.07, 6.45) is 0.717. The Labute approximate surface area is 99.0 Å². The summed E-state index contributed by atoms with van der Waals surface area (Å²) >= 11 is 0. The van der Waals surface area contributed by atoms with E-state index in [-0.39, 0.29) is 5.92 Å². The van der Waals surface area contributed by atoms with Gasteiger partial charge in [0.25, 0.3) is 0 Å². The van der Waals surface area contributed by atoms with Crippen LogP contribution in [0.25, 0.3) is 0 Å². The molecule has 1 amide bonds. The van der Waals surface area contributed by atoms with E-state index in [9.17, 15) is 13.6 Å². The van der Waals surface area contributed by atoms with E-state index in [4.69, 9.17) is 5.73 Å². The lowest BCUT2D eigenvalue weighted by Crippen LogP contribution is -2.41. The van der Waals surface area contributed by atoms with Gasteiger partial charge in [-0.15, -0.1) is 0 Å². The monoisotopic (exact) mass is 242 g/mol. The van der Waals surface area contributed by atoms with Gasteiger partial charge in [0.05, 0.1) is 6.04 Å². The predicted octanol–water partition coefficient (Wildman–Crippen LogP) is 2.28. The minimum atomic E-state index is -0.810. The van der Waals surface area contributed by atoms with Gasteiger partial charge in [-0.3, -0.25) is 4.79 Å². The average Bonchev–Trinajstić information content (AvgIpc) is 2.31. The van der Waals surface area contributed by atoms with Gasteiger partial charge < -0.3 is 11.1 Å². The van der Waals surface area contributed by atoms with E-state index in [1.807, 2.05) is 13.8 Å². The molecule has 1 rings (SSSR count). The maximum Gasteiger partial charge on any atom is 0.241 e. The van der Waals surface area contributed by atoms with Crippen molar-refractivity contribution in [2.75, 3.05) is 5.32 Å². The zero-order chi connectivity index (χ0) is 13.0. The predicted molar refractivity (Wildman–Crippen MR) is 62.4 cm³/mol. The molecule has 0 heterocycles. The fourth-order valence-corrected chi connectivity index (χ4v) is 1.34. The lowest BCUT2D eigenvalue weighted by atomic mass is 9.99. The molecule has 5 heteroatoms. The van der Waals surface area contributed by atoms with Crippen LogP contribution in [-0.4, -0.2) is 11.9 Å². The number of anilines is 1. The van der Waals surface area contributed by atoms with Crippen LogP contribution < -0.4 is 11.1 Å². The third-order valence-corrected chi connectivity index (χ3v) is 2.77. The van der Waals surface area contributed by atoms with Crippen molar-refractivity contribution in [3.8, 4) is 0 Å². The molecule has 1 unspecified atom stereocenters. The molecule has 0 fully saturated rings. The maximum atomic E-state index is 13.3. The zero-order valence-electron chi connectivity index (χ0n) is 9.84. The molecule has 0 aliphatic heterocycles. The van der Waals surface area contributed by atoms with E-state index in [2.05, 4.69) is 5.32 Å². The third-order valence-electron chi connectivity index (χ3n) is 2.77. The van der Waals surface area contributed by atoms with Crippen molar-refractivity contribution in [1.29, 1.82) is 0 Å². The Bertz CT molecular complexity index is 389. The van der Waals surface area contributed by atoms with Crippen LogP contribution in [0.15, 0.2) is 18.2 Å². The SMILES string of the molecule is CCC(C)[C@H](N)C(=O)Nc1c(F)cccc1F. The Hall–Kier alpha value is -1.49. The molecular formula is C12H16F2N2O. The second-order valence-electron chi connectivity index (χ2n) is 4.00. The summed E-state index contributed by atoms with van der Waals surface area (Å²) in [4.78, 5) is 11.6. The standard InChI is InChI=1S/C12H16F2N2O/c1-3-7(2)10(15)12(17)16-11-8(13)5-4-6-9(11)14/h4-7,10H,3,15H2,1-2H3,(H,16,17)/t7?,10-/m0/s1. The molecule has 0 aliphatic carbocycles. The minimum absolute atomic E-state index is 0.0511. The van der Waals surface area contributed by atoms with Gasteiger partial charge in [0.15, 0.2) is 0 Å².